The zero-order chi connectivity index (χ0) is 13.1. The van der Waals surface area contributed by atoms with Crippen LogP contribution >= 0.6 is 11.6 Å². The molecule has 0 fully saturated rings. The highest BCUT2D eigenvalue weighted by Crippen LogP contribution is 2.29. The minimum absolute atomic E-state index is 0.549. The zero-order valence-electron chi connectivity index (χ0n) is 9.87. The summed E-state index contributed by atoms with van der Waals surface area (Å²) < 4.78 is 0. The Bertz CT molecular complexity index is 629. The van der Waals surface area contributed by atoms with Crippen molar-refractivity contribution in [1.82, 2.24) is 0 Å². The summed E-state index contributed by atoms with van der Waals surface area (Å²) in [6, 6.07) is 12.8. The molecule has 0 unspecified atom stereocenters. The monoisotopic (exact) mass is 257 g/mol. The van der Waals surface area contributed by atoms with Gasteiger partial charge in [-0.1, -0.05) is 17.7 Å². The fourth-order valence-corrected chi connectivity index (χ4v) is 1.78. The van der Waals surface area contributed by atoms with Gasteiger partial charge < -0.3 is 11.1 Å². The topological polar surface area (TPSA) is 61.8 Å². The Morgan fingerprint density at radius 3 is 2.67 bits per heavy atom. The Morgan fingerprint density at radius 2 is 1.94 bits per heavy atom. The lowest BCUT2D eigenvalue weighted by atomic mass is 10.1. The zero-order valence-corrected chi connectivity index (χ0v) is 10.6. The van der Waals surface area contributed by atoms with Gasteiger partial charge in [0.1, 0.15) is 0 Å². The highest BCUT2D eigenvalue weighted by Gasteiger charge is 2.05. The first kappa shape index (κ1) is 12.3. The molecule has 2 aromatic carbocycles. The number of hydrogen-bond acceptors (Lipinski definition) is 3. The van der Waals surface area contributed by atoms with Crippen molar-refractivity contribution in [3.8, 4) is 6.07 Å². The third kappa shape index (κ3) is 2.55. The number of nitrogens with two attached hydrogens (primary N) is 1. The Labute approximate surface area is 111 Å². The molecule has 0 aliphatic carbocycles. The van der Waals surface area contributed by atoms with Crippen molar-refractivity contribution in [2.24, 2.45) is 0 Å². The lowest BCUT2D eigenvalue weighted by molar-refractivity contribution is 1.44. The molecule has 0 aromatic heterocycles. The van der Waals surface area contributed by atoms with Gasteiger partial charge in [0.2, 0.25) is 0 Å². The van der Waals surface area contributed by atoms with Crippen molar-refractivity contribution < 1.29 is 0 Å². The summed E-state index contributed by atoms with van der Waals surface area (Å²) in [7, 11) is 0. The van der Waals surface area contributed by atoms with Crippen molar-refractivity contribution in [2.45, 2.75) is 6.92 Å². The van der Waals surface area contributed by atoms with E-state index < -0.39 is 0 Å². The highest BCUT2D eigenvalue weighted by atomic mass is 35.5. The molecule has 0 amide bonds. The first-order chi connectivity index (χ1) is 8.60. The van der Waals surface area contributed by atoms with E-state index in [1.165, 1.54) is 0 Å². The molecule has 0 aliphatic rings. The van der Waals surface area contributed by atoms with Gasteiger partial charge >= 0.3 is 0 Å². The molecule has 0 radical (unpaired) electrons. The van der Waals surface area contributed by atoms with E-state index in [2.05, 4.69) is 11.4 Å². The van der Waals surface area contributed by atoms with Crippen LogP contribution in [0.5, 0.6) is 0 Å². The van der Waals surface area contributed by atoms with Crippen molar-refractivity contribution in [1.29, 1.82) is 5.26 Å². The van der Waals surface area contributed by atoms with Crippen molar-refractivity contribution in [3.63, 3.8) is 0 Å². The maximum Gasteiger partial charge on any atom is 0.0992 e. The third-order valence-electron chi connectivity index (χ3n) is 2.57. The summed E-state index contributed by atoms with van der Waals surface area (Å²) in [5.41, 5.74) is 9.63. The van der Waals surface area contributed by atoms with Crippen molar-refractivity contribution >= 4 is 28.7 Å². The average molecular weight is 258 g/mol. The van der Waals surface area contributed by atoms with Crippen LogP contribution in [0, 0.1) is 18.3 Å². The minimum Gasteiger partial charge on any atom is -0.397 e. The number of hydrogen-bond donors (Lipinski definition) is 2. The number of nitriles is 1. The van der Waals surface area contributed by atoms with Gasteiger partial charge in [0.05, 0.1) is 33.7 Å². The fraction of sp³-hybridized carbons (Fsp3) is 0.0714. The molecule has 3 N–H and O–H groups in total. The molecule has 3 nitrogen and oxygen atoms in total. The largest absolute Gasteiger partial charge is 0.397 e. The SMILES string of the molecule is Cc1ccc(N)c(Nc2cc(C#N)ccc2Cl)c1. The van der Waals surface area contributed by atoms with Crippen LogP contribution in [0.15, 0.2) is 36.4 Å². The van der Waals surface area contributed by atoms with E-state index in [4.69, 9.17) is 22.6 Å². The Hall–Kier alpha value is -2.18. The fourth-order valence-electron chi connectivity index (χ4n) is 1.61. The quantitative estimate of drug-likeness (QED) is 0.804. The number of nitrogens with zero attached hydrogens (tertiary/aromatic N) is 1. The molecule has 2 rings (SSSR count). The summed E-state index contributed by atoms with van der Waals surface area (Å²) >= 11 is 6.08. The van der Waals surface area contributed by atoms with Gasteiger partial charge in [0.15, 0.2) is 0 Å². The lowest BCUT2D eigenvalue weighted by Gasteiger charge is -2.11. The molecule has 0 aliphatic heterocycles. The minimum atomic E-state index is 0.549. The normalized spacial score (nSPS) is 9.83. The van der Waals surface area contributed by atoms with Crippen LogP contribution in [-0.2, 0) is 0 Å². The van der Waals surface area contributed by atoms with Crippen LogP contribution in [-0.4, -0.2) is 0 Å². The van der Waals surface area contributed by atoms with Gasteiger partial charge in [-0.15, -0.1) is 0 Å². The molecule has 0 heterocycles. The second-order valence-corrected chi connectivity index (χ2v) is 4.43. The highest BCUT2D eigenvalue weighted by molar-refractivity contribution is 6.33. The number of anilines is 3. The summed E-state index contributed by atoms with van der Waals surface area (Å²) in [6.07, 6.45) is 0. The summed E-state index contributed by atoms with van der Waals surface area (Å²) in [5, 5.41) is 12.6. The van der Waals surface area contributed by atoms with E-state index >= 15 is 0 Å². The number of aryl methyl sites for hydroxylation is 1. The molecular weight excluding hydrogens is 246 g/mol. The van der Waals surface area contributed by atoms with E-state index in [0.29, 0.717) is 22.0 Å². The van der Waals surface area contributed by atoms with Crippen LogP contribution in [0.25, 0.3) is 0 Å². The molecule has 4 heteroatoms. The van der Waals surface area contributed by atoms with Crippen LogP contribution in [0.4, 0.5) is 17.1 Å². The number of benzene rings is 2. The van der Waals surface area contributed by atoms with Gasteiger partial charge in [0, 0.05) is 0 Å². The van der Waals surface area contributed by atoms with E-state index in [1.54, 1.807) is 18.2 Å². The second kappa shape index (κ2) is 4.99. The number of rotatable bonds is 2. The summed E-state index contributed by atoms with van der Waals surface area (Å²) in [4.78, 5) is 0. The summed E-state index contributed by atoms with van der Waals surface area (Å²) in [5.74, 6) is 0. The average Bonchev–Trinajstić information content (AvgIpc) is 2.36. The Kier molecular flexibility index (Phi) is 3.40. The first-order valence-electron chi connectivity index (χ1n) is 5.43. The van der Waals surface area contributed by atoms with Crippen LogP contribution in [0.1, 0.15) is 11.1 Å². The van der Waals surface area contributed by atoms with Crippen LogP contribution < -0.4 is 11.1 Å². The van der Waals surface area contributed by atoms with Gasteiger partial charge in [-0.05, 0) is 42.8 Å². The predicted octanol–water partition coefficient (Wildman–Crippen LogP) is 3.85. The molecule has 18 heavy (non-hydrogen) atoms. The molecule has 0 saturated carbocycles. The molecular formula is C14H12ClN3. The molecule has 0 spiro atoms. The van der Waals surface area contributed by atoms with Gasteiger partial charge in [-0.25, -0.2) is 0 Å². The predicted molar refractivity (Wildman–Crippen MR) is 75.0 cm³/mol. The van der Waals surface area contributed by atoms with E-state index in [-0.39, 0.29) is 0 Å². The van der Waals surface area contributed by atoms with Crippen molar-refractivity contribution in [3.05, 3.63) is 52.5 Å². The number of nitrogen functional groups attached to an aromatic ring is 1. The molecule has 0 saturated heterocycles. The van der Waals surface area contributed by atoms with Crippen LogP contribution in [0.2, 0.25) is 5.02 Å². The first-order valence-corrected chi connectivity index (χ1v) is 5.81. The van der Waals surface area contributed by atoms with E-state index in [1.807, 2.05) is 25.1 Å². The smallest absolute Gasteiger partial charge is 0.0992 e. The molecule has 2 aromatic rings. The lowest BCUT2D eigenvalue weighted by Crippen LogP contribution is -1.97. The standard InChI is InChI=1S/C14H12ClN3/c1-9-2-5-12(17)14(6-9)18-13-7-10(8-16)3-4-11(13)15/h2-7,18H,17H2,1H3. The summed E-state index contributed by atoms with van der Waals surface area (Å²) in [6.45, 7) is 1.98. The maximum atomic E-state index is 8.87. The number of nitrogens with one attached hydrogen (secondary N) is 1. The second-order valence-electron chi connectivity index (χ2n) is 4.02. The molecule has 0 bridgehead atoms. The number of halogens is 1. The van der Waals surface area contributed by atoms with E-state index in [0.717, 1.165) is 11.3 Å². The van der Waals surface area contributed by atoms with E-state index in [9.17, 15) is 0 Å². The van der Waals surface area contributed by atoms with Crippen molar-refractivity contribution in [2.75, 3.05) is 11.1 Å². The molecule has 90 valence electrons. The Balaban J connectivity index is 2.39. The van der Waals surface area contributed by atoms with Gasteiger partial charge in [-0.2, -0.15) is 5.26 Å². The van der Waals surface area contributed by atoms with Gasteiger partial charge in [0.25, 0.3) is 0 Å². The van der Waals surface area contributed by atoms with Gasteiger partial charge in [-0.3, -0.25) is 0 Å². The third-order valence-corrected chi connectivity index (χ3v) is 2.90. The maximum absolute atomic E-state index is 8.87. The molecule has 0 atom stereocenters. The van der Waals surface area contributed by atoms with Crippen LogP contribution in [0.3, 0.4) is 0 Å². The Morgan fingerprint density at radius 1 is 1.17 bits per heavy atom.